The molecule has 12 rings (SSSR count). The van der Waals surface area contributed by atoms with E-state index in [9.17, 15) is 45.3 Å². The maximum Gasteiger partial charge on any atom is 0.306 e. The van der Waals surface area contributed by atoms with Gasteiger partial charge in [-0.25, -0.2) is 0 Å². The molecular weight excluding hydrogens is 1150 g/mol. The predicted molar refractivity (Wildman–Crippen MR) is 355 cm³/mol. The molecule has 8 aliphatic rings. The van der Waals surface area contributed by atoms with Crippen LogP contribution in [0.15, 0.2) is 72.8 Å². The van der Waals surface area contributed by atoms with Crippen molar-refractivity contribution in [2.75, 3.05) is 0 Å². The molecule has 13 nitrogen and oxygen atoms in total. The van der Waals surface area contributed by atoms with Gasteiger partial charge < -0.3 is 24.1 Å². The Bertz CT molecular complexity index is 3330. The minimum Gasteiger partial charge on any atom is -0.490 e. The van der Waals surface area contributed by atoms with Crippen LogP contribution in [0, 0.1) is 90.8 Å². The molecule has 92 heavy (non-hydrogen) atoms. The molecule has 5 unspecified atom stereocenters. The Morgan fingerprint density at radius 3 is 0.957 bits per heavy atom. The van der Waals surface area contributed by atoms with Gasteiger partial charge >= 0.3 is 5.97 Å². The highest BCUT2D eigenvalue weighted by Gasteiger charge is 2.44. The van der Waals surface area contributed by atoms with Crippen LogP contribution in [-0.4, -0.2) is 52.8 Å². The van der Waals surface area contributed by atoms with Gasteiger partial charge in [-0.1, -0.05) is 62.4 Å². The Kier molecular flexibility index (Phi) is 23.2. The number of aryl methyl sites for hydroxylation is 4. The van der Waals surface area contributed by atoms with Crippen LogP contribution in [0.2, 0.25) is 0 Å². The molecule has 5 atom stereocenters. The average Bonchev–Trinajstić information content (AvgIpc) is 0.891. The third kappa shape index (κ3) is 16.5. The monoisotopic (exact) mass is 1250 g/mol. The first-order valence-electron chi connectivity index (χ1n) is 34.8. The smallest absolute Gasteiger partial charge is 0.306 e. The lowest BCUT2D eigenvalue weighted by atomic mass is 9.67. The molecule has 8 fully saturated rings. The van der Waals surface area contributed by atoms with Gasteiger partial charge in [-0.3, -0.25) is 19.2 Å². The number of nitriles is 4. The first-order valence-corrected chi connectivity index (χ1v) is 34.8. The van der Waals surface area contributed by atoms with Crippen molar-refractivity contribution >= 4 is 23.3 Å². The number of nitrogens with zero attached hydrogens (tertiary/aromatic N) is 4. The number of carbonyl (C=O) groups is 4. The van der Waals surface area contributed by atoms with E-state index in [1.807, 2.05) is 114 Å². The molecule has 0 saturated heterocycles. The second-order valence-electron chi connectivity index (χ2n) is 28.6. The highest BCUT2D eigenvalue weighted by molar-refractivity contribution is 5.85. The summed E-state index contributed by atoms with van der Waals surface area (Å²) in [5, 5.41) is 48.3. The zero-order valence-corrected chi connectivity index (χ0v) is 55.7. The summed E-state index contributed by atoms with van der Waals surface area (Å²) in [6.45, 7) is 12.1. The molecule has 0 aromatic heterocycles. The summed E-state index contributed by atoms with van der Waals surface area (Å²) in [7, 11) is 0. The van der Waals surface area contributed by atoms with Crippen LogP contribution in [0.4, 0.5) is 0 Å². The average molecular weight is 1250 g/mol. The Morgan fingerprint density at radius 2 is 0.685 bits per heavy atom. The molecule has 0 aliphatic heterocycles. The lowest BCUT2D eigenvalue weighted by Crippen LogP contribution is -2.35. The fourth-order valence-electron chi connectivity index (χ4n) is 15.4. The molecule has 4 aromatic rings. The van der Waals surface area contributed by atoms with E-state index in [-0.39, 0.29) is 35.1 Å². The molecule has 0 amide bonds. The molecule has 0 heterocycles. The Morgan fingerprint density at radius 1 is 0.402 bits per heavy atom. The number of carboxylic acids is 1. The first-order chi connectivity index (χ1) is 44.2. The number of aliphatic carboxylic acids is 1. The SMILES string of the molecule is Cc1ccc(C2(C#N)CCC(C(=O)O)CC2)cc1OC1CCCC1.Cc1ccc(C2(C#N)CCC(C)C(=O)C2)cc1OC1CCCC1.Cc1ccc(C2(C#N)CCC(C)C(=O)C2)cc1OC1CCCC1.Cc1ccc(C2(C#N)CCCC(=O)C2)cc1OC1CCCC1. The molecule has 0 bridgehead atoms. The van der Waals surface area contributed by atoms with Gasteiger partial charge in [0.2, 0.25) is 0 Å². The second-order valence-corrected chi connectivity index (χ2v) is 28.6. The van der Waals surface area contributed by atoms with Crippen molar-refractivity contribution in [1.29, 1.82) is 21.0 Å². The lowest BCUT2D eigenvalue weighted by molar-refractivity contribution is -0.143. The number of ether oxygens (including phenoxy) is 4. The normalized spacial score (nSPS) is 27.7. The standard InChI is InChI=1S/C20H25NO3.2C20H25NO2.C19H23NO2/c1-14-6-7-16(12-18(14)24-17-4-2-3-5-17)20(13-21)10-8-15(9-11-20)19(22)23;2*1-14-9-10-20(13-21,12-18(14)22)16-8-7-15(2)19(11-16)23-17-5-3-4-6-17;1-14-8-9-15(11-18(14)22-17-6-2-3-7-17)19(13-20)10-4-5-16(21)12-19/h6-7,12,15,17H,2-5,8-11H2,1H3,(H,22,23);2*7-8,11,14,17H,3-6,9-10,12H2,1-2H3;8-9,11,17H,2-7,10,12H2,1H3. The molecule has 13 heteroatoms. The van der Waals surface area contributed by atoms with Crippen LogP contribution < -0.4 is 18.9 Å². The van der Waals surface area contributed by atoms with E-state index < -0.39 is 27.6 Å². The third-order valence-electron chi connectivity index (χ3n) is 22.0. The van der Waals surface area contributed by atoms with Gasteiger partial charge in [-0.2, -0.15) is 21.0 Å². The van der Waals surface area contributed by atoms with Crippen LogP contribution in [0.1, 0.15) is 251 Å². The van der Waals surface area contributed by atoms with Crippen LogP contribution in [0.3, 0.4) is 0 Å². The van der Waals surface area contributed by atoms with Gasteiger partial charge in [0.1, 0.15) is 40.3 Å². The predicted octanol–water partition coefficient (Wildman–Crippen LogP) is 17.5. The second kappa shape index (κ2) is 31.0. The zero-order chi connectivity index (χ0) is 65.6. The molecule has 8 saturated carbocycles. The van der Waals surface area contributed by atoms with Gasteiger partial charge in [0.25, 0.3) is 0 Å². The molecule has 0 radical (unpaired) electrons. The fraction of sp³-hybridized carbons (Fsp3) is 0.595. The van der Waals surface area contributed by atoms with E-state index in [1.54, 1.807) is 0 Å². The number of hydrogen-bond donors (Lipinski definition) is 1. The Hall–Kier alpha value is -7.48. The number of ketones is 3. The quantitative estimate of drug-likeness (QED) is 0.132. The number of carbonyl (C=O) groups excluding carboxylic acids is 3. The molecule has 4 aromatic carbocycles. The molecule has 0 spiro atoms. The van der Waals surface area contributed by atoms with Crippen molar-refractivity contribution in [2.45, 2.75) is 280 Å². The number of carboxylic acid groups (broad SMARTS) is 1. The number of Topliss-reactive ketones (excluding diaryl/α,β-unsaturated/α-hetero) is 3. The highest BCUT2D eigenvalue weighted by atomic mass is 16.5. The van der Waals surface area contributed by atoms with Gasteiger partial charge in [0.05, 0.1) is 76.3 Å². The summed E-state index contributed by atoms with van der Waals surface area (Å²) in [5.74, 6) is 3.26. The van der Waals surface area contributed by atoms with Gasteiger partial charge in [0.15, 0.2) is 0 Å². The minimum absolute atomic E-state index is 0.0798. The molecule has 1 N–H and O–H groups in total. The maximum atomic E-state index is 12.2. The van der Waals surface area contributed by atoms with Crippen LogP contribution in [0.25, 0.3) is 0 Å². The van der Waals surface area contributed by atoms with Crippen LogP contribution >= 0.6 is 0 Å². The Balaban J connectivity index is 0.000000145. The lowest BCUT2D eigenvalue weighted by Gasteiger charge is -2.34. The van der Waals surface area contributed by atoms with Crippen molar-refractivity contribution in [3.63, 3.8) is 0 Å². The number of rotatable bonds is 13. The van der Waals surface area contributed by atoms with E-state index in [0.29, 0.717) is 75.8 Å². The van der Waals surface area contributed by atoms with Crippen molar-refractivity contribution < 1.29 is 43.2 Å². The molecule has 488 valence electrons. The van der Waals surface area contributed by atoms with Gasteiger partial charge in [-0.15, -0.1) is 0 Å². The highest BCUT2D eigenvalue weighted by Crippen LogP contribution is 2.46. The number of hydrogen-bond acceptors (Lipinski definition) is 12. The zero-order valence-electron chi connectivity index (χ0n) is 55.7. The fourth-order valence-corrected chi connectivity index (χ4v) is 15.4. The Labute approximate surface area is 547 Å². The van der Waals surface area contributed by atoms with Crippen LogP contribution in [0.5, 0.6) is 23.0 Å². The summed E-state index contributed by atoms with van der Waals surface area (Å²) in [6.07, 6.45) is 28.6. The van der Waals surface area contributed by atoms with Crippen molar-refractivity contribution in [1.82, 2.24) is 0 Å². The maximum absolute atomic E-state index is 12.2. The van der Waals surface area contributed by atoms with Crippen molar-refractivity contribution in [3.05, 3.63) is 117 Å². The minimum atomic E-state index is -0.740. The summed E-state index contributed by atoms with van der Waals surface area (Å²) < 4.78 is 24.7. The third-order valence-corrected chi connectivity index (χ3v) is 22.0. The summed E-state index contributed by atoms with van der Waals surface area (Å²) in [6, 6.07) is 34.0. The van der Waals surface area contributed by atoms with E-state index in [1.165, 1.54) is 51.4 Å². The van der Waals surface area contributed by atoms with E-state index in [0.717, 1.165) is 157 Å². The molecular formula is C79H98N4O9. The number of benzene rings is 4. The van der Waals surface area contributed by atoms with Crippen molar-refractivity contribution in [2.24, 2.45) is 17.8 Å². The summed E-state index contributed by atoms with van der Waals surface area (Å²) in [5.41, 5.74) is 5.63. The van der Waals surface area contributed by atoms with Gasteiger partial charge in [-0.05, 0) is 263 Å². The molecule has 8 aliphatic carbocycles. The van der Waals surface area contributed by atoms with E-state index >= 15 is 0 Å². The van der Waals surface area contributed by atoms with E-state index in [2.05, 4.69) is 24.3 Å². The van der Waals surface area contributed by atoms with Gasteiger partial charge in [0, 0.05) is 37.5 Å². The topological polar surface area (TPSA) is 221 Å². The van der Waals surface area contributed by atoms with E-state index in [4.69, 9.17) is 18.9 Å². The van der Waals surface area contributed by atoms with Crippen LogP contribution in [-0.2, 0) is 40.8 Å². The summed E-state index contributed by atoms with van der Waals surface area (Å²) >= 11 is 0. The summed E-state index contributed by atoms with van der Waals surface area (Å²) in [4.78, 5) is 47.4. The van der Waals surface area contributed by atoms with Crippen molar-refractivity contribution in [3.8, 4) is 47.3 Å². The first kappa shape index (κ1) is 68.9. The largest absolute Gasteiger partial charge is 0.490 e.